The Labute approximate surface area is 257 Å². The molecule has 2 aromatic heterocycles. The summed E-state index contributed by atoms with van der Waals surface area (Å²) in [6, 6.07) is 36.1. The van der Waals surface area contributed by atoms with Crippen LogP contribution in [-0.2, 0) is 6.61 Å². The Bertz CT molecular complexity index is 1910. The molecule has 0 saturated heterocycles. The average Bonchev–Trinajstić information content (AvgIpc) is 3.46. The number of fused-ring (bicyclic) bond motifs is 1. The lowest BCUT2D eigenvalue weighted by Gasteiger charge is -2.13. The van der Waals surface area contributed by atoms with Crippen LogP contribution in [0, 0.1) is 0 Å². The van der Waals surface area contributed by atoms with E-state index in [-0.39, 0.29) is 19.0 Å². The minimum Gasteiger partial charge on any atom is -0.490 e. The molecule has 0 amide bonds. The van der Waals surface area contributed by atoms with Crippen molar-refractivity contribution in [2.24, 2.45) is 5.10 Å². The Balaban J connectivity index is 1.16. The van der Waals surface area contributed by atoms with Crippen LogP contribution in [0.1, 0.15) is 11.4 Å². The molecule has 1 N–H and O–H groups in total. The van der Waals surface area contributed by atoms with Crippen LogP contribution in [0.5, 0.6) is 11.5 Å². The van der Waals surface area contributed by atoms with Crippen molar-refractivity contribution in [2.45, 2.75) is 17.9 Å². The van der Waals surface area contributed by atoms with Gasteiger partial charge in [0.1, 0.15) is 30.3 Å². The molecule has 6 aromatic rings. The summed E-state index contributed by atoms with van der Waals surface area (Å²) in [4.78, 5) is 11.9. The van der Waals surface area contributed by atoms with Gasteiger partial charge in [0.05, 0.1) is 23.8 Å². The fraction of sp³-hybridized carbons (Fsp3) is 0.118. The molecule has 2 heterocycles. The van der Waals surface area contributed by atoms with Crippen molar-refractivity contribution in [3.05, 3.63) is 137 Å². The van der Waals surface area contributed by atoms with Crippen molar-refractivity contribution in [3.8, 4) is 22.6 Å². The Kier molecular flexibility index (Phi) is 9.10. The zero-order valence-electron chi connectivity index (χ0n) is 23.5. The highest BCUT2D eigenvalue weighted by Crippen LogP contribution is 2.25. The lowest BCUT2D eigenvalue weighted by Crippen LogP contribution is -2.21. The predicted molar refractivity (Wildman–Crippen MR) is 170 cm³/mol. The highest BCUT2D eigenvalue weighted by molar-refractivity contribution is 7.99. The normalized spacial score (nSPS) is 12.0. The van der Waals surface area contributed by atoms with Crippen LogP contribution < -0.4 is 15.1 Å². The smallest absolute Gasteiger partial charge is 0.339 e. The van der Waals surface area contributed by atoms with E-state index in [0.29, 0.717) is 33.4 Å². The third-order valence-corrected chi connectivity index (χ3v) is 7.64. The third-order valence-electron chi connectivity index (χ3n) is 6.58. The van der Waals surface area contributed by atoms with Gasteiger partial charge in [-0.2, -0.15) is 9.78 Å². The van der Waals surface area contributed by atoms with E-state index in [1.54, 1.807) is 29.1 Å². The molecule has 6 rings (SSSR count). The van der Waals surface area contributed by atoms with Crippen LogP contribution in [0.15, 0.2) is 135 Å². The largest absolute Gasteiger partial charge is 0.490 e. The first-order valence-electron chi connectivity index (χ1n) is 13.9. The van der Waals surface area contributed by atoms with Gasteiger partial charge in [-0.3, -0.25) is 0 Å². The summed E-state index contributed by atoms with van der Waals surface area (Å²) in [7, 11) is 0. The minimum atomic E-state index is -0.866. The molecule has 44 heavy (non-hydrogen) atoms. The number of aliphatic hydroxyl groups is 1. The van der Waals surface area contributed by atoms with E-state index in [1.165, 1.54) is 17.8 Å². The van der Waals surface area contributed by atoms with Crippen molar-refractivity contribution in [3.63, 3.8) is 0 Å². The van der Waals surface area contributed by atoms with Crippen molar-refractivity contribution >= 4 is 28.9 Å². The third kappa shape index (κ3) is 7.23. The van der Waals surface area contributed by atoms with Crippen LogP contribution in [0.4, 0.5) is 0 Å². The van der Waals surface area contributed by atoms with Crippen LogP contribution >= 0.6 is 11.8 Å². The first kappa shape index (κ1) is 28.9. The zero-order chi connectivity index (χ0) is 30.1. The second-order valence-electron chi connectivity index (χ2n) is 9.75. The number of hydrogen-bond donors (Lipinski definition) is 1. The van der Waals surface area contributed by atoms with E-state index >= 15 is 0 Å². The van der Waals surface area contributed by atoms with Gasteiger partial charge < -0.3 is 19.0 Å². The van der Waals surface area contributed by atoms with Gasteiger partial charge in [0, 0.05) is 5.75 Å². The molecule has 0 aliphatic heterocycles. The number of aliphatic hydroxyl groups excluding tert-OH is 1. The number of nitrogens with zero attached hydrogens (tertiary/aromatic N) is 4. The molecular formula is C34H28N4O5S. The van der Waals surface area contributed by atoms with Crippen molar-refractivity contribution in [1.29, 1.82) is 0 Å². The summed E-state index contributed by atoms with van der Waals surface area (Å²) >= 11 is 1.28. The summed E-state index contributed by atoms with van der Waals surface area (Å²) in [6.45, 7) is 0.118. The molecule has 0 aliphatic carbocycles. The number of ether oxygens (including phenoxy) is 2. The lowest BCUT2D eigenvalue weighted by atomic mass is 10.0. The molecular weight excluding hydrogens is 576 g/mol. The number of rotatable bonds is 12. The van der Waals surface area contributed by atoms with Crippen molar-refractivity contribution in [1.82, 2.24) is 14.9 Å². The quantitative estimate of drug-likeness (QED) is 0.102. The molecule has 0 saturated carbocycles. The topological polar surface area (TPSA) is 112 Å². The molecule has 220 valence electrons. The maximum atomic E-state index is 11.9. The van der Waals surface area contributed by atoms with Crippen molar-refractivity contribution in [2.75, 3.05) is 12.4 Å². The van der Waals surface area contributed by atoms with Gasteiger partial charge in [0.15, 0.2) is 5.82 Å². The number of benzene rings is 4. The molecule has 0 fully saturated rings. The number of thioether (sulfide) groups is 1. The highest BCUT2D eigenvalue weighted by atomic mass is 32.2. The first-order chi connectivity index (χ1) is 21.6. The fourth-order valence-electron chi connectivity index (χ4n) is 4.38. The first-order valence-corrected chi connectivity index (χ1v) is 14.9. The average molecular weight is 605 g/mol. The highest BCUT2D eigenvalue weighted by Gasteiger charge is 2.16. The fourth-order valence-corrected chi connectivity index (χ4v) is 5.19. The molecule has 10 heteroatoms. The summed E-state index contributed by atoms with van der Waals surface area (Å²) in [5.41, 5.74) is 3.05. The van der Waals surface area contributed by atoms with E-state index in [4.69, 9.17) is 13.9 Å². The zero-order valence-corrected chi connectivity index (χ0v) is 24.3. The van der Waals surface area contributed by atoms with Gasteiger partial charge in [-0.1, -0.05) is 96.7 Å². The second-order valence-corrected chi connectivity index (χ2v) is 10.7. The van der Waals surface area contributed by atoms with Gasteiger partial charge in [-0.05, 0) is 41.0 Å². The molecule has 0 aliphatic rings. The minimum absolute atomic E-state index is 0.0322. The predicted octanol–water partition coefficient (Wildman–Crippen LogP) is 6.04. The van der Waals surface area contributed by atoms with E-state index in [0.717, 1.165) is 16.7 Å². The van der Waals surface area contributed by atoms with Crippen LogP contribution in [0.25, 0.3) is 22.1 Å². The molecule has 0 spiro atoms. The monoisotopic (exact) mass is 604 g/mol. The van der Waals surface area contributed by atoms with E-state index in [2.05, 4.69) is 27.4 Å². The van der Waals surface area contributed by atoms with E-state index in [9.17, 15) is 9.90 Å². The molecule has 1 unspecified atom stereocenters. The maximum absolute atomic E-state index is 11.9. The Hall–Kier alpha value is -5.19. The Morgan fingerprint density at radius 1 is 0.864 bits per heavy atom. The summed E-state index contributed by atoms with van der Waals surface area (Å²) in [5, 5.41) is 25.2. The number of aromatic nitrogens is 3. The van der Waals surface area contributed by atoms with Gasteiger partial charge >= 0.3 is 5.63 Å². The SMILES string of the molecule is O=c1cc(OCC(O)CSc2nnc(COc3ccccc3)n2/N=C/c2ccc(-c3ccccc3)cc2)c2ccccc2o1. The second kappa shape index (κ2) is 13.9. The standard InChI is InChI=1S/C34H28N4O5S/c39-27(21-42-31-19-33(40)43-30-14-8-7-13-29(30)31)23-44-34-37-36-32(22-41-28-11-5-2-6-12-28)38(34)35-20-24-15-17-26(18-16-24)25-9-3-1-4-10-25/h1-20,27,39H,21-23H2/b35-20+. The summed E-state index contributed by atoms with van der Waals surface area (Å²) in [5.74, 6) is 1.80. The lowest BCUT2D eigenvalue weighted by molar-refractivity contribution is 0.127. The Morgan fingerprint density at radius 3 is 2.36 bits per heavy atom. The Morgan fingerprint density at radius 2 is 1.57 bits per heavy atom. The van der Waals surface area contributed by atoms with Crippen LogP contribution in [0.3, 0.4) is 0 Å². The maximum Gasteiger partial charge on any atom is 0.339 e. The van der Waals surface area contributed by atoms with Gasteiger partial charge in [0.2, 0.25) is 5.16 Å². The summed E-state index contributed by atoms with van der Waals surface area (Å²) < 4.78 is 18.5. The molecule has 0 radical (unpaired) electrons. The molecule has 4 aromatic carbocycles. The van der Waals surface area contributed by atoms with Gasteiger partial charge in [-0.25, -0.2) is 4.79 Å². The molecule has 1 atom stereocenters. The molecule has 0 bridgehead atoms. The van der Waals surface area contributed by atoms with Crippen molar-refractivity contribution < 1.29 is 19.0 Å². The molecule has 9 nitrogen and oxygen atoms in total. The number of para-hydroxylation sites is 2. The van der Waals surface area contributed by atoms with E-state index < -0.39 is 11.7 Å². The van der Waals surface area contributed by atoms with Gasteiger partial charge in [0.25, 0.3) is 0 Å². The van der Waals surface area contributed by atoms with Crippen LogP contribution in [0.2, 0.25) is 0 Å². The summed E-state index contributed by atoms with van der Waals surface area (Å²) in [6.07, 6.45) is 0.870. The van der Waals surface area contributed by atoms with Gasteiger partial charge in [-0.15, -0.1) is 10.2 Å². The van der Waals surface area contributed by atoms with Crippen LogP contribution in [-0.4, -0.2) is 44.7 Å². The number of hydrogen-bond acceptors (Lipinski definition) is 9. The van der Waals surface area contributed by atoms with E-state index in [1.807, 2.05) is 78.9 Å².